The zero-order chi connectivity index (χ0) is 27.6. The van der Waals surface area contributed by atoms with Gasteiger partial charge in [-0.25, -0.2) is 14.8 Å². The predicted molar refractivity (Wildman–Crippen MR) is 150 cm³/mol. The Labute approximate surface area is 230 Å². The molecule has 1 unspecified atom stereocenters. The first kappa shape index (κ1) is 27.5. The Morgan fingerprint density at radius 2 is 1.89 bits per heavy atom. The quantitative estimate of drug-likeness (QED) is 0.382. The number of likely N-dealkylation sites (N-methyl/N-ethyl adjacent to an activating group) is 2. The first-order chi connectivity index (χ1) is 18.2. The summed E-state index contributed by atoms with van der Waals surface area (Å²) in [6, 6.07) is 6.50. The van der Waals surface area contributed by atoms with Gasteiger partial charge in [0.2, 0.25) is 0 Å². The second-order valence-corrected chi connectivity index (χ2v) is 9.49. The molecule has 3 heterocycles. The van der Waals surface area contributed by atoms with Crippen LogP contribution in [0.25, 0.3) is 22.2 Å². The Hall–Kier alpha value is -3.56. The van der Waals surface area contributed by atoms with E-state index in [0.717, 1.165) is 30.2 Å². The van der Waals surface area contributed by atoms with Gasteiger partial charge < -0.3 is 25.7 Å². The molecule has 0 saturated carbocycles. The molecular weight excluding hydrogens is 529 g/mol. The van der Waals surface area contributed by atoms with Crippen molar-refractivity contribution in [2.75, 3.05) is 46.1 Å². The summed E-state index contributed by atoms with van der Waals surface area (Å²) >= 11 is 12.7. The molecule has 0 fully saturated rings. The van der Waals surface area contributed by atoms with Gasteiger partial charge >= 0.3 is 0 Å². The molecular formula is C26H29Cl2N7O3. The molecule has 3 N–H and O–H groups in total. The van der Waals surface area contributed by atoms with Crippen LogP contribution in [0.15, 0.2) is 46.7 Å². The number of carbonyl (C=O) groups excluding carboxylic acids is 1. The number of nitrogens with zero attached hydrogens (tertiary/aromatic N) is 5. The molecule has 1 aliphatic rings. The van der Waals surface area contributed by atoms with E-state index in [9.17, 15) is 9.59 Å². The molecule has 0 spiro atoms. The van der Waals surface area contributed by atoms with Crippen molar-refractivity contribution >= 4 is 46.0 Å². The topological polar surface area (TPSA) is 119 Å². The third kappa shape index (κ3) is 4.96. The lowest BCUT2D eigenvalue weighted by Gasteiger charge is -2.22. The summed E-state index contributed by atoms with van der Waals surface area (Å²) in [6.07, 6.45) is 1.84. The molecule has 10 nitrogen and oxygen atoms in total. The highest BCUT2D eigenvalue weighted by Crippen LogP contribution is 2.36. The average Bonchev–Trinajstić information content (AvgIpc) is 3.22. The summed E-state index contributed by atoms with van der Waals surface area (Å²) in [7, 11) is 3.11. The number of halogens is 2. The second kappa shape index (κ2) is 11.4. The molecule has 1 atom stereocenters. The van der Waals surface area contributed by atoms with E-state index in [1.54, 1.807) is 36.2 Å². The monoisotopic (exact) mass is 557 g/mol. The van der Waals surface area contributed by atoms with Gasteiger partial charge in [0.15, 0.2) is 5.65 Å². The molecule has 0 aliphatic carbocycles. The standard InChI is InChI=1S/C26H29Cl2N7O3/c1-5-34(6-2)11-10-30-21-13-15(20(14-36)33(21)3)24-31-23(29)17-12-16(22-18(27)8-7-9-19(22)28)26(37)35(38-4)25(17)32-24/h7-9,12-13,15,30H,5-6,10-11H2,1-4H3,(H2,29,31,32). The Bertz CT molecular complexity index is 1490. The molecule has 1 aromatic carbocycles. The first-order valence-electron chi connectivity index (χ1n) is 12.1. The lowest BCUT2D eigenvalue weighted by molar-refractivity contribution is 0.168. The van der Waals surface area contributed by atoms with E-state index in [-0.39, 0.29) is 22.9 Å². The van der Waals surface area contributed by atoms with Crippen molar-refractivity contribution in [1.82, 2.24) is 29.8 Å². The summed E-state index contributed by atoms with van der Waals surface area (Å²) in [5.41, 5.74) is 6.85. The highest BCUT2D eigenvalue weighted by atomic mass is 35.5. The van der Waals surface area contributed by atoms with Gasteiger partial charge in [-0.15, -0.1) is 4.73 Å². The van der Waals surface area contributed by atoms with Crippen LogP contribution in [0.4, 0.5) is 5.82 Å². The molecule has 2 aromatic heterocycles. The van der Waals surface area contributed by atoms with Gasteiger partial charge in [0.05, 0.1) is 26.9 Å². The normalized spacial score (nSPS) is 15.2. The van der Waals surface area contributed by atoms with Crippen molar-refractivity contribution in [3.63, 3.8) is 0 Å². The summed E-state index contributed by atoms with van der Waals surface area (Å²) in [5, 5.41) is 4.33. The van der Waals surface area contributed by atoms with E-state index in [4.69, 9.17) is 33.8 Å². The molecule has 0 bridgehead atoms. The molecule has 0 radical (unpaired) electrons. The molecule has 12 heteroatoms. The number of allylic oxidation sites excluding steroid dienone is 1. The third-order valence-electron chi connectivity index (χ3n) is 6.64. The van der Waals surface area contributed by atoms with E-state index in [1.165, 1.54) is 7.11 Å². The van der Waals surface area contributed by atoms with Gasteiger partial charge in [-0.2, -0.15) is 0 Å². The van der Waals surface area contributed by atoms with E-state index < -0.39 is 11.5 Å². The maximum Gasteiger partial charge on any atom is 0.293 e. The lowest BCUT2D eigenvalue weighted by atomic mass is 10.0. The van der Waals surface area contributed by atoms with Crippen LogP contribution in [0.3, 0.4) is 0 Å². The van der Waals surface area contributed by atoms with Crippen LogP contribution in [0.5, 0.6) is 0 Å². The van der Waals surface area contributed by atoms with Gasteiger partial charge in [-0.1, -0.05) is 43.1 Å². The van der Waals surface area contributed by atoms with E-state index in [0.29, 0.717) is 33.2 Å². The minimum atomic E-state index is -0.627. The van der Waals surface area contributed by atoms with Gasteiger partial charge in [-0.05, 0) is 37.4 Å². The van der Waals surface area contributed by atoms with Crippen LogP contribution in [-0.4, -0.2) is 70.8 Å². The molecule has 4 rings (SSSR count). The molecule has 200 valence electrons. The Morgan fingerprint density at radius 1 is 1.21 bits per heavy atom. The number of fused-ring (bicyclic) bond motifs is 1. The Balaban J connectivity index is 1.79. The zero-order valence-corrected chi connectivity index (χ0v) is 23.1. The maximum atomic E-state index is 13.4. The van der Waals surface area contributed by atoms with Crippen LogP contribution >= 0.6 is 23.2 Å². The van der Waals surface area contributed by atoms with Gasteiger partial charge in [0.25, 0.3) is 5.56 Å². The van der Waals surface area contributed by atoms with Gasteiger partial charge in [0, 0.05) is 25.7 Å². The number of anilines is 1. The number of hydrogen-bond donors (Lipinski definition) is 2. The van der Waals surface area contributed by atoms with Crippen LogP contribution in [0, 0.1) is 0 Å². The molecule has 0 amide bonds. The highest BCUT2D eigenvalue weighted by Gasteiger charge is 2.32. The van der Waals surface area contributed by atoms with Crippen molar-refractivity contribution in [1.29, 1.82) is 0 Å². The average molecular weight is 558 g/mol. The van der Waals surface area contributed by atoms with Crippen molar-refractivity contribution in [2.24, 2.45) is 0 Å². The maximum absolute atomic E-state index is 13.4. The molecule has 1 aliphatic heterocycles. The summed E-state index contributed by atoms with van der Waals surface area (Å²) in [4.78, 5) is 43.9. The van der Waals surface area contributed by atoms with E-state index in [2.05, 4.69) is 34.0 Å². The Kier molecular flexibility index (Phi) is 8.28. The minimum Gasteiger partial charge on any atom is -0.412 e. The predicted octanol–water partition coefficient (Wildman–Crippen LogP) is 2.92. The number of rotatable bonds is 9. The number of hydrogen-bond acceptors (Lipinski definition) is 9. The van der Waals surface area contributed by atoms with Crippen LogP contribution in [0.1, 0.15) is 25.6 Å². The fourth-order valence-corrected chi connectivity index (χ4v) is 5.12. The zero-order valence-electron chi connectivity index (χ0n) is 21.6. The fraction of sp³-hybridized carbons (Fsp3) is 0.346. The number of aromatic nitrogens is 3. The van der Waals surface area contributed by atoms with Crippen molar-refractivity contribution in [3.8, 4) is 11.1 Å². The number of benzene rings is 1. The highest BCUT2D eigenvalue weighted by molar-refractivity contribution is 6.39. The first-order valence-corrected chi connectivity index (χ1v) is 12.9. The summed E-state index contributed by atoms with van der Waals surface area (Å²) in [5.74, 6) is 2.44. The number of pyridine rings is 1. The molecule has 38 heavy (non-hydrogen) atoms. The van der Waals surface area contributed by atoms with E-state index in [1.807, 2.05) is 12.0 Å². The van der Waals surface area contributed by atoms with Crippen LogP contribution in [0.2, 0.25) is 10.0 Å². The smallest absolute Gasteiger partial charge is 0.293 e. The number of nitrogens with two attached hydrogens (primary N) is 1. The lowest BCUT2D eigenvalue weighted by Crippen LogP contribution is -2.34. The van der Waals surface area contributed by atoms with Crippen molar-refractivity contribution < 1.29 is 9.63 Å². The SMILES string of the molecule is CCN(CC)CCNC1=CC(c2nc(N)c3cc(-c4c(Cl)cccc4Cl)c(=O)n(OC)c3n2)C(=C=O)N1C. The van der Waals surface area contributed by atoms with Crippen molar-refractivity contribution in [3.05, 3.63) is 68.1 Å². The number of nitrogen functional groups attached to an aromatic ring is 1. The summed E-state index contributed by atoms with van der Waals surface area (Å²) < 4.78 is 1.02. The summed E-state index contributed by atoms with van der Waals surface area (Å²) in [6.45, 7) is 7.66. The van der Waals surface area contributed by atoms with Crippen LogP contribution in [-0.2, 0) is 4.79 Å². The Morgan fingerprint density at radius 3 is 2.50 bits per heavy atom. The fourth-order valence-electron chi connectivity index (χ4n) is 4.51. The second-order valence-electron chi connectivity index (χ2n) is 8.67. The largest absolute Gasteiger partial charge is 0.412 e. The van der Waals surface area contributed by atoms with Gasteiger partial charge in [-0.3, -0.25) is 4.79 Å². The minimum absolute atomic E-state index is 0.101. The van der Waals surface area contributed by atoms with Crippen LogP contribution < -0.4 is 21.4 Å². The number of nitrogens with one attached hydrogen (secondary N) is 1. The molecule has 0 saturated heterocycles. The van der Waals surface area contributed by atoms with Gasteiger partial charge in [0.1, 0.15) is 36.2 Å². The third-order valence-corrected chi connectivity index (χ3v) is 7.27. The van der Waals surface area contributed by atoms with E-state index >= 15 is 0 Å². The molecule has 3 aromatic rings. The van der Waals surface area contributed by atoms with Crippen molar-refractivity contribution in [2.45, 2.75) is 19.8 Å².